The average Bonchev–Trinajstić information content (AvgIpc) is 2.80. The molecule has 0 fully saturated rings. The molecule has 0 saturated heterocycles. The third-order valence-corrected chi connectivity index (χ3v) is 6.12. The van der Waals surface area contributed by atoms with Crippen LogP contribution in [0.15, 0.2) is 72.8 Å². The standard InChI is InChI=1S/C26H25ClN2O3/c1-17-16-25(29(18(2)30)21-12-10-20(27)11-13-21)23-6-4-5-7-24(23)28(17)26(31)19-8-14-22(32-3)15-9-19/h4-15,17,25H,16H2,1-3H3. The van der Waals surface area contributed by atoms with E-state index in [4.69, 9.17) is 16.3 Å². The molecule has 0 spiro atoms. The first kappa shape index (κ1) is 21.9. The monoisotopic (exact) mass is 448 g/mol. The van der Waals surface area contributed by atoms with Crippen LogP contribution in [0.4, 0.5) is 11.4 Å². The highest BCUT2D eigenvalue weighted by molar-refractivity contribution is 6.30. The van der Waals surface area contributed by atoms with Crippen LogP contribution in [0.25, 0.3) is 0 Å². The van der Waals surface area contributed by atoms with Gasteiger partial charge in [0.2, 0.25) is 5.91 Å². The van der Waals surface area contributed by atoms with Crippen molar-refractivity contribution in [3.8, 4) is 5.75 Å². The van der Waals surface area contributed by atoms with Crippen LogP contribution < -0.4 is 14.5 Å². The van der Waals surface area contributed by atoms with Crippen molar-refractivity contribution in [3.05, 3.63) is 88.9 Å². The van der Waals surface area contributed by atoms with Crippen molar-refractivity contribution in [2.24, 2.45) is 0 Å². The maximum Gasteiger partial charge on any atom is 0.258 e. The molecule has 3 aromatic carbocycles. The Balaban J connectivity index is 1.75. The number of carbonyl (C=O) groups is 2. The zero-order valence-corrected chi connectivity index (χ0v) is 19.0. The number of para-hydroxylation sites is 1. The minimum absolute atomic E-state index is 0.0609. The van der Waals surface area contributed by atoms with E-state index in [9.17, 15) is 9.59 Å². The minimum atomic E-state index is -0.195. The van der Waals surface area contributed by atoms with Crippen LogP contribution in [0, 0.1) is 0 Å². The molecule has 3 aromatic rings. The second-order valence-corrected chi connectivity index (χ2v) is 8.36. The first-order chi connectivity index (χ1) is 15.4. The van der Waals surface area contributed by atoms with Crippen molar-refractivity contribution < 1.29 is 14.3 Å². The number of ether oxygens (including phenoxy) is 1. The number of anilines is 2. The van der Waals surface area contributed by atoms with Crippen molar-refractivity contribution >= 4 is 34.8 Å². The topological polar surface area (TPSA) is 49.9 Å². The fourth-order valence-electron chi connectivity index (χ4n) is 4.39. The number of methoxy groups -OCH3 is 1. The van der Waals surface area contributed by atoms with E-state index < -0.39 is 0 Å². The second-order valence-electron chi connectivity index (χ2n) is 7.93. The summed E-state index contributed by atoms with van der Waals surface area (Å²) in [4.78, 5) is 29.8. The molecule has 4 rings (SSSR count). The lowest BCUT2D eigenvalue weighted by molar-refractivity contribution is -0.117. The van der Waals surface area contributed by atoms with E-state index in [0.717, 1.165) is 16.9 Å². The van der Waals surface area contributed by atoms with Crippen LogP contribution in [-0.4, -0.2) is 25.0 Å². The summed E-state index contributed by atoms with van der Waals surface area (Å²) < 4.78 is 5.21. The summed E-state index contributed by atoms with van der Waals surface area (Å²) in [7, 11) is 1.60. The molecule has 0 radical (unpaired) electrons. The molecule has 1 aliphatic heterocycles. The number of fused-ring (bicyclic) bond motifs is 1. The molecule has 1 heterocycles. The highest BCUT2D eigenvalue weighted by Gasteiger charge is 2.38. The Morgan fingerprint density at radius 3 is 2.28 bits per heavy atom. The largest absolute Gasteiger partial charge is 0.497 e. The Kier molecular flexibility index (Phi) is 6.19. The minimum Gasteiger partial charge on any atom is -0.497 e. The number of amides is 2. The molecule has 0 N–H and O–H groups in total. The summed E-state index contributed by atoms with van der Waals surface area (Å²) in [6.45, 7) is 3.58. The SMILES string of the molecule is COc1ccc(C(=O)N2c3ccccc3C(N(C(C)=O)c3ccc(Cl)cc3)CC2C)cc1. The molecule has 1 aliphatic rings. The predicted molar refractivity (Wildman–Crippen MR) is 128 cm³/mol. The smallest absolute Gasteiger partial charge is 0.258 e. The fourth-order valence-corrected chi connectivity index (χ4v) is 4.52. The first-order valence-electron chi connectivity index (χ1n) is 10.5. The lowest BCUT2D eigenvalue weighted by Crippen LogP contribution is -2.47. The van der Waals surface area contributed by atoms with E-state index in [0.29, 0.717) is 22.8 Å². The number of carbonyl (C=O) groups excluding carboxylic acids is 2. The van der Waals surface area contributed by atoms with Gasteiger partial charge in [0.1, 0.15) is 5.75 Å². The molecule has 32 heavy (non-hydrogen) atoms. The zero-order chi connectivity index (χ0) is 22.8. The van der Waals surface area contributed by atoms with E-state index in [-0.39, 0.29) is 23.9 Å². The van der Waals surface area contributed by atoms with E-state index in [1.807, 2.05) is 48.2 Å². The average molecular weight is 449 g/mol. The van der Waals surface area contributed by atoms with Crippen LogP contribution in [-0.2, 0) is 4.79 Å². The highest BCUT2D eigenvalue weighted by Crippen LogP contribution is 2.42. The number of benzene rings is 3. The van der Waals surface area contributed by atoms with Gasteiger partial charge in [-0.2, -0.15) is 0 Å². The zero-order valence-electron chi connectivity index (χ0n) is 18.3. The highest BCUT2D eigenvalue weighted by atomic mass is 35.5. The van der Waals surface area contributed by atoms with Gasteiger partial charge in [-0.05, 0) is 73.5 Å². The molecule has 0 bridgehead atoms. The van der Waals surface area contributed by atoms with Crippen molar-refractivity contribution in [1.82, 2.24) is 0 Å². The predicted octanol–water partition coefficient (Wildman–Crippen LogP) is 5.88. The molecule has 0 saturated carbocycles. The summed E-state index contributed by atoms with van der Waals surface area (Å²) in [5.74, 6) is 0.565. The molecule has 0 aliphatic carbocycles. The van der Waals surface area contributed by atoms with E-state index >= 15 is 0 Å². The van der Waals surface area contributed by atoms with Crippen LogP contribution in [0.2, 0.25) is 5.02 Å². The third-order valence-electron chi connectivity index (χ3n) is 5.87. The summed E-state index contributed by atoms with van der Waals surface area (Å²) in [5, 5.41) is 0.617. The van der Waals surface area contributed by atoms with Crippen LogP contribution >= 0.6 is 11.6 Å². The summed E-state index contributed by atoms with van der Waals surface area (Å²) in [6.07, 6.45) is 0.612. The Morgan fingerprint density at radius 1 is 1.00 bits per heavy atom. The Hall–Kier alpha value is -3.31. The normalized spacial score (nSPS) is 17.4. The van der Waals surface area contributed by atoms with Crippen LogP contribution in [0.5, 0.6) is 5.75 Å². The summed E-state index contributed by atoms with van der Waals surface area (Å²) in [6, 6.07) is 21.9. The molecule has 0 aromatic heterocycles. The molecule has 164 valence electrons. The summed E-state index contributed by atoms with van der Waals surface area (Å²) >= 11 is 6.06. The molecule has 6 heteroatoms. The van der Waals surface area contributed by atoms with Crippen LogP contribution in [0.3, 0.4) is 0 Å². The van der Waals surface area contributed by atoms with Gasteiger partial charge in [-0.15, -0.1) is 0 Å². The molecule has 2 unspecified atom stereocenters. The number of hydrogen-bond acceptors (Lipinski definition) is 3. The second kappa shape index (κ2) is 9.05. The summed E-state index contributed by atoms with van der Waals surface area (Å²) in [5.41, 5.74) is 3.13. The van der Waals surface area contributed by atoms with Gasteiger partial charge >= 0.3 is 0 Å². The number of hydrogen-bond donors (Lipinski definition) is 0. The first-order valence-corrected chi connectivity index (χ1v) is 10.9. The van der Waals surface area contributed by atoms with Gasteiger partial charge in [0.25, 0.3) is 5.91 Å². The fraction of sp³-hybridized carbons (Fsp3) is 0.231. The molecule has 5 nitrogen and oxygen atoms in total. The molecule has 2 amide bonds. The van der Waals surface area contributed by atoms with E-state index in [1.54, 1.807) is 55.3 Å². The van der Waals surface area contributed by atoms with Gasteiger partial charge in [-0.3, -0.25) is 9.59 Å². The van der Waals surface area contributed by atoms with Gasteiger partial charge in [-0.1, -0.05) is 29.8 Å². The van der Waals surface area contributed by atoms with Gasteiger partial charge < -0.3 is 14.5 Å². The Bertz CT molecular complexity index is 1130. The van der Waals surface area contributed by atoms with E-state index in [2.05, 4.69) is 0 Å². The Morgan fingerprint density at radius 2 is 1.66 bits per heavy atom. The van der Waals surface area contributed by atoms with Crippen LogP contribution in [0.1, 0.15) is 42.2 Å². The lowest BCUT2D eigenvalue weighted by atomic mass is 9.89. The molecular formula is C26H25ClN2O3. The van der Waals surface area contributed by atoms with Gasteiger partial charge in [0.05, 0.1) is 13.2 Å². The third kappa shape index (κ3) is 4.08. The quantitative estimate of drug-likeness (QED) is 0.500. The van der Waals surface area contributed by atoms with Crippen molar-refractivity contribution in [2.75, 3.05) is 16.9 Å². The molecule has 2 atom stereocenters. The number of halogens is 1. The maximum absolute atomic E-state index is 13.5. The van der Waals surface area contributed by atoms with Crippen molar-refractivity contribution in [3.63, 3.8) is 0 Å². The van der Waals surface area contributed by atoms with Crippen molar-refractivity contribution in [1.29, 1.82) is 0 Å². The molecular weight excluding hydrogens is 424 g/mol. The Labute approximate surface area is 193 Å². The van der Waals surface area contributed by atoms with Gasteiger partial charge in [-0.25, -0.2) is 0 Å². The van der Waals surface area contributed by atoms with Gasteiger partial charge in [0.15, 0.2) is 0 Å². The number of rotatable bonds is 4. The van der Waals surface area contributed by atoms with Crippen molar-refractivity contribution in [2.45, 2.75) is 32.4 Å². The van der Waals surface area contributed by atoms with E-state index in [1.165, 1.54) is 0 Å². The van der Waals surface area contributed by atoms with Gasteiger partial charge in [0, 0.05) is 34.9 Å². The maximum atomic E-state index is 13.5. The lowest BCUT2D eigenvalue weighted by Gasteiger charge is -2.43. The number of nitrogens with zero attached hydrogens (tertiary/aromatic N) is 2.